The molecule has 3 rings (SSSR count). The molecular weight excluding hydrogens is 346 g/mol. The van der Waals surface area contributed by atoms with Gasteiger partial charge in [-0.3, -0.25) is 10.1 Å². The fraction of sp³-hybridized carbons (Fsp3) is 0.500. The molecule has 1 aliphatic rings. The molecule has 0 fully saturated rings. The molecule has 5 nitrogen and oxygen atoms in total. The number of rotatable bonds is 7. The van der Waals surface area contributed by atoms with Crippen molar-refractivity contribution >= 4 is 17.9 Å². The van der Waals surface area contributed by atoms with Crippen LogP contribution in [0.4, 0.5) is 5.69 Å². The Kier molecular flexibility index (Phi) is 6.14. The standard InChI is InChI=1S/C20H25N3O2S/c1-2-3-4-7-14-22-18-9-6-5-8-17(18)20(26)21-19(22)15-10-12-16(13-11-15)23(24)25/h10-13H,2-9,14H2,1H3. The Bertz CT molecular complexity index is 843. The van der Waals surface area contributed by atoms with E-state index in [9.17, 15) is 10.1 Å². The number of hydrogen-bond acceptors (Lipinski definition) is 4. The van der Waals surface area contributed by atoms with E-state index in [1.54, 1.807) is 24.3 Å². The molecule has 0 amide bonds. The van der Waals surface area contributed by atoms with Gasteiger partial charge in [0.2, 0.25) is 0 Å². The van der Waals surface area contributed by atoms with Crippen LogP contribution in [-0.4, -0.2) is 14.5 Å². The molecule has 6 heteroatoms. The van der Waals surface area contributed by atoms with Gasteiger partial charge in [0.15, 0.2) is 0 Å². The zero-order chi connectivity index (χ0) is 18.5. The molecule has 0 atom stereocenters. The first-order chi connectivity index (χ1) is 12.6. The molecule has 1 aliphatic carbocycles. The number of hydrogen-bond donors (Lipinski definition) is 0. The van der Waals surface area contributed by atoms with Gasteiger partial charge < -0.3 is 4.57 Å². The minimum absolute atomic E-state index is 0.0970. The molecule has 0 saturated heterocycles. The van der Waals surface area contributed by atoms with Gasteiger partial charge in [-0.1, -0.05) is 38.4 Å². The van der Waals surface area contributed by atoms with E-state index in [1.807, 2.05) is 0 Å². The highest BCUT2D eigenvalue weighted by molar-refractivity contribution is 7.71. The first-order valence-corrected chi connectivity index (χ1v) is 9.90. The van der Waals surface area contributed by atoms with E-state index in [0.29, 0.717) is 4.64 Å². The van der Waals surface area contributed by atoms with Crippen molar-refractivity contribution in [2.75, 3.05) is 0 Å². The van der Waals surface area contributed by atoms with Crippen LogP contribution in [0.25, 0.3) is 11.4 Å². The molecule has 1 aromatic heterocycles. The highest BCUT2D eigenvalue weighted by Gasteiger charge is 2.19. The van der Waals surface area contributed by atoms with Gasteiger partial charge >= 0.3 is 0 Å². The first kappa shape index (κ1) is 18.7. The lowest BCUT2D eigenvalue weighted by Crippen LogP contribution is -2.18. The number of unbranched alkanes of at least 4 members (excludes halogenated alkanes) is 3. The molecule has 138 valence electrons. The van der Waals surface area contributed by atoms with Gasteiger partial charge in [-0.2, -0.15) is 0 Å². The average molecular weight is 372 g/mol. The number of non-ortho nitro benzene ring substituents is 1. The van der Waals surface area contributed by atoms with Crippen molar-refractivity contribution in [3.05, 3.63) is 50.3 Å². The largest absolute Gasteiger partial charge is 0.329 e. The maximum Gasteiger partial charge on any atom is 0.269 e. The molecule has 1 heterocycles. The van der Waals surface area contributed by atoms with Gasteiger partial charge in [0.1, 0.15) is 10.5 Å². The highest BCUT2D eigenvalue weighted by atomic mass is 32.1. The lowest BCUT2D eigenvalue weighted by molar-refractivity contribution is -0.384. The summed E-state index contributed by atoms with van der Waals surface area (Å²) in [5, 5.41) is 10.9. The Balaban J connectivity index is 2.03. The van der Waals surface area contributed by atoms with Crippen LogP contribution in [0.1, 0.15) is 56.7 Å². The molecule has 0 saturated carbocycles. The van der Waals surface area contributed by atoms with Crippen molar-refractivity contribution in [2.45, 2.75) is 64.8 Å². The predicted octanol–water partition coefficient (Wildman–Crippen LogP) is 5.65. The molecule has 0 bridgehead atoms. The van der Waals surface area contributed by atoms with Crippen LogP contribution in [-0.2, 0) is 19.4 Å². The van der Waals surface area contributed by atoms with Crippen LogP contribution < -0.4 is 0 Å². The molecule has 2 aromatic rings. The minimum Gasteiger partial charge on any atom is -0.329 e. The van der Waals surface area contributed by atoms with Gasteiger partial charge in [-0.25, -0.2) is 4.98 Å². The second-order valence-electron chi connectivity index (χ2n) is 6.89. The lowest BCUT2D eigenvalue weighted by atomic mass is 9.96. The number of benzene rings is 1. The maximum absolute atomic E-state index is 10.9. The zero-order valence-corrected chi connectivity index (χ0v) is 16.1. The van der Waals surface area contributed by atoms with Crippen molar-refractivity contribution < 1.29 is 4.92 Å². The number of nitro groups is 1. The van der Waals surface area contributed by atoms with Crippen LogP contribution in [0.5, 0.6) is 0 Å². The Morgan fingerprint density at radius 2 is 1.88 bits per heavy atom. The van der Waals surface area contributed by atoms with Crippen molar-refractivity contribution in [1.29, 1.82) is 0 Å². The van der Waals surface area contributed by atoms with E-state index in [2.05, 4.69) is 11.5 Å². The normalized spacial score (nSPS) is 13.4. The number of fused-ring (bicyclic) bond motifs is 1. The minimum atomic E-state index is -0.374. The number of nitrogens with zero attached hydrogens (tertiary/aromatic N) is 3. The fourth-order valence-corrected chi connectivity index (χ4v) is 3.97. The molecule has 0 unspecified atom stereocenters. The van der Waals surface area contributed by atoms with Crippen LogP contribution in [0.3, 0.4) is 0 Å². The summed E-state index contributed by atoms with van der Waals surface area (Å²) in [7, 11) is 0. The van der Waals surface area contributed by atoms with E-state index in [4.69, 9.17) is 17.2 Å². The van der Waals surface area contributed by atoms with E-state index in [1.165, 1.54) is 43.4 Å². The topological polar surface area (TPSA) is 61.0 Å². The smallest absolute Gasteiger partial charge is 0.269 e. The summed E-state index contributed by atoms with van der Waals surface area (Å²) in [5.41, 5.74) is 3.54. The Morgan fingerprint density at radius 1 is 1.15 bits per heavy atom. The summed E-state index contributed by atoms with van der Waals surface area (Å²) in [6.45, 7) is 3.14. The van der Waals surface area contributed by atoms with Crippen molar-refractivity contribution in [3.8, 4) is 11.4 Å². The Labute approximate surface area is 159 Å². The van der Waals surface area contributed by atoms with Gasteiger partial charge in [-0.05, 0) is 44.2 Å². The number of nitro benzene ring substituents is 1. The van der Waals surface area contributed by atoms with Crippen molar-refractivity contribution in [1.82, 2.24) is 9.55 Å². The third-order valence-electron chi connectivity index (χ3n) is 5.06. The third-order valence-corrected chi connectivity index (χ3v) is 5.40. The van der Waals surface area contributed by atoms with Crippen LogP contribution >= 0.6 is 12.2 Å². The molecule has 0 radical (unpaired) electrons. The van der Waals surface area contributed by atoms with E-state index >= 15 is 0 Å². The Hall–Kier alpha value is -2.08. The molecular formula is C20H25N3O2S. The Morgan fingerprint density at radius 3 is 2.58 bits per heavy atom. The second-order valence-corrected chi connectivity index (χ2v) is 7.28. The average Bonchev–Trinajstić information content (AvgIpc) is 2.66. The molecule has 0 aliphatic heterocycles. The quantitative estimate of drug-likeness (QED) is 0.273. The predicted molar refractivity (Wildman–Crippen MR) is 106 cm³/mol. The zero-order valence-electron chi connectivity index (χ0n) is 15.2. The second kappa shape index (κ2) is 8.54. The highest BCUT2D eigenvalue weighted by Crippen LogP contribution is 2.28. The molecule has 1 aromatic carbocycles. The van der Waals surface area contributed by atoms with Crippen LogP contribution in [0.15, 0.2) is 24.3 Å². The lowest BCUT2D eigenvalue weighted by Gasteiger charge is -2.24. The van der Waals surface area contributed by atoms with E-state index in [-0.39, 0.29) is 10.6 Å². The number of aromatic nitrogens is 2. The van der Waals surface area contributed by atoms with Crippen LogP contribution in [0, 0.1) is 14.8 Å². The molecule has 0 N–H and O–H groups in total. The van der Waals surface area contributed by atoms with Gasteiger partial charge in [0, 0.05) is 35.5 Å². The summed E-state index contributed by atoms with van der Waals surface area (Å²) in [6.07, 6.45) is 9.16. The van der Waals surface area contributed by atoms with Gasteiger partial charge in [-0.15, -0.1) is 0 Å². The first-order valence-electron chi connectivity index (χ1n) is 9.49. The SMILES string of the molecule is CCCCCCn1c(-c2ccc([N+](=O)[O-])cc2)nc(=S)c2c1CCCC2. The summed E-state index contributed by atoms with van der Waals surface area (Å²) in [4.78, 5) is 15.3. The van der Waals surface area contributed by atoms with Crippen molar-refractivity contribution in [2.24, 2.45) is 0 Å². The van der Waals surface area contributed by atoms with Crippen LogP contribution in [0.2, 0.25) is 0 Å². The van der Waals surface area contributed by atoms with E-state index in [0.717, 1.165) is 37.2 Å². The maximum atomic E-state index is 10.9. The third kappa shape index (κ3) is 4.01. The van der Waals surface area contributed by atoms with Crippen molar-refractivity contribution in [3.63, 3.8) is 0 Å². The molecule has 26 heavy (non-hydrogen) atoms. The fourth-order valence-electron chi connectivity index (χ4n) is 3.66. The molecule has 0 spiro atoms. The summed E-state index contributed by atoms with van der Waals surface area (Å²) < 4.78 is 3.01. The summed E-state index contributed by atoms with van der Waals surface area (Å²) in [6, 6.07) is 6.65. The van der Waals surface area contributed by atoms with Gasteiger partial charge in [0.05, 0.1) is 4.92 Å². The van der Waals surface area contributed by atoms with Gasteiger partial charge in [0.25, 0.3) is 5.69 Å². The summed E-state index contributed by atoms with van der Waals surface area (Å²) in [5.74, 6) is 0.849. The monoisotopic (exact) mass is 371 g/mol. The summed E-state index contributed by atoms with van der Waals surface area (Å²) >= 11 is 5.57. The van der Waals surface area contributed by atoms with E-state index < -0.39 is 0 Å².